The van der Waals surface area contributed by atoms with E-state index in [1.54, 1.807) is 12.1 Å². The van der Waals surface area contributed by atoms with Crippen LogP contribution >= 0.6 is 11.6 Å². The van der Waals surface area contributed by atoms with Gasteiger partial charge in [0.2, 0.25) is 5.56 Å². The van der Waals surface area contributed by atoms with E-state index in [2.05, 4.69) is 21.9 Å². The maximum absolute atomic E-state index is 12.6. The molecule has 0 radical (unpaired) electrons. The molecule has 7 heteroatoms. The SMILES string of the molecule is O=C(c1cccc(=O)[nH]1)N1CCC(C2CC(c3ccccc3Cl)NN2)CC1. The van der Waals surface area contributed by atoms with Gasteiger partial charge in [-0.3, -0.25) is 15.0 Å². The summed E-state index contributed by atoms with van der Waals surface area (Å²) >= 11 is 6.32. The molecular weight excluding hydrogens is 364 g/mol. The Morgan fingerprint density at radius 2 is 1.81 bits per heavy atom. The van der Waals surface area contributed by atoms with Crippen molar-refractivity contribution in [2.45, 2.75) is 31.3 Å². The molecule has 0 aliphatic carbocycles. The number of amides is 1. The predicted octanol–water partition coefficient (Wildman–Crippen LogP) is 2.49. The fourth-order valence-electron chi connectivity index (χ4n) is 4.10. The van der Waals surface area contributed by atoms with Gasteiger partial charge in [-0.1, -0.05) is 35.9 Å². The summed E-state index contributed by atoms with van der Waals surface area (Å²) in [5.74, 6) is 0.404. The normalized spacial score (nSPS) is 23.5. The standard InChI is InChI=1S/C20H23ClN4O2/c21-15-5-2-1-4-14(15)18-12-17(23-24-18)13-8-10-25(11-9-13)20(27)16-6-3-7-19(26)22-16/h1-7,13,17-18,23-24H,8-12H2,(H,22,26). The highest BCUT2D eigenvalue weighted by molar-refractivity contribution is 6.31. The molecule has 0 saturated carbocycles. The van der Waals surface area contributed by atoms with Crippen molar-refractivity contribution in [1.29, 1.82) is 0 Å². The van der Waals surface area contributed by atoms with Crippen molar-refractivity contribution in [3.63, 3.8) is 0 Å². The number of aromatic amines is 1. The van der Waals surface area contributed by atoms with Gasteiger partial charge >= 0.3 is 0 Å². The van der Waals surface area contributed by atoms with Crippen molar-refractivity contribution in [1.82, 2.24) is 20.7 Å². The lowest BCUT2D eigenvalue weighted by molar-refractivity contribution is 0.0667. The van der Waals surface area contributed by atoms with Crippen LogP contribution in [0.5, 0.6) is 0 Å². The summed E-state index contributed by atoms with van der Waals surface area (Å²) in [6.45, 7) is 1.41. The Bertz CT molecular complexity index is 876. The highest BCUT2D eigenvalue weighted by atomic mass is 35.5. The molecule has 142 valence electrons. The number of hydrogen-bond acceptors (Lipinski definition) is 4. The second-order valence-corrected chi connectivity index (χ2v) is 7.67. The van der Waals surface area contributed by atoms with Crippen LogP contribution in [-0.4, -0.2) is 34.9 Å². The van der Waals surface area contributed by atoms with Gasteiger partial charge < -0.3 is 9.88 Å². The Hall–Kier alpha value is -2.15. The molecule has 2 atom stereocenters. The molecule has 2 unspecified atom stereocenters. The molecule has 27 heavy (non-hydrogen) atoms. The van der Waals surface area contributed by atoms with Gasteiger partial charge in [-0.05, 0) is 42.9 Å². The topological polar surface area (TPSA) is 77.2 Å². The molecule has 0 spiro atoms. The molecule has 1 amide bonds. The molecule has 1 aromatic heterocycles. The van der Waals surface area contributed by atoms with E-state index >= 15 is 0 Å². The maximum Gasteiger partial charge on any atom is 0.270 e. The summed E-state index contributed by atoms with van der Waals surface area (Å²) in [7, 11) is 0. The number of hydrogen-bond donors (Lipinski definition) is 3. The molecule has 3 N–H and O–H groups in total. The Labute approximate surface area is 162 Å². The molecule has 2 aliphatic heterocycles. The molecule has 2 aromatic rings. The number of carbonyl (C=O) groups is 1. The Morgan fingerprint density at radius 3 is 2.56 bits per heavy atom. The lowest BCUT2D eigenvalue weighted by Crippen LogP contribution is -2.45. The fourth-order valence-corrected chi connectivity index (χ4v) is 4.37. The van der Waals surface area contributed by atoms with Crippen LogP contribution in [0.25, 0.3) is 0 Å². The number of carbonyl (C=O) groups excluding carboxylic acids is 1. The van der Waals surface area contributed by atoms with Crippen molar-refractivity contribution in [3.8, 4) is 0 Å². The van der Waals surface area contributed by atoms with Crippen LogP contribution in [0.15, 0.2) is 47.3 Å². The van der Waals surface area contributed by atoms with Crippen molar-refractivity contribution in [2.24, 2.45) is 5.92 Å². The first-order valence-corrected chi connectivity index (χ1v) is 9.73. The smallest absolute Gasteiger partial charge is 0.270 e. The molecule has 2 aliphatic rings. The zero-order valence-electron chi connectivity index (χ0n) is 15.0. The average Bonchev–Trinajstić information content (AvgIpc) is 3.18. The minimum absolute atomic E-state index is 0.0994. The Kier molecular flexibility index (Phi) is 5.29. The van der Waals surface area contributed by atoms with E-state index < -0.39 is 0 Å². The number of rotatable bonds is 3. The fraction of sp³-hybridized carbons (Fsp3) is 0.400. The number of likely N-dealkylation sites (tertiary alicyclic amines) is 1. The van der Waals surface area contributed by atoms with E-state index in [4.69, 9.17) is 11.6 Å². The lowest BCUT2D eigenvalue weighted by Gasteiger charge is -2.34. The van der Waals surface area contributed by atoms with Crippen LogP contribution in [0.2, 0.25) is 5.02 Å². The average molecular weight is 387 g/mol. The second-order valence-electron chi connectivity index (χ2n) is 7.26. The van der Waals surface area contributed by atoms with Crippen LogP contribution in [0.3, 0.4) is 0 Å². The first-order chi connectivity index (χ1) is 13.1. The van der Waals surface area contributed by atoms with Gasteiger partial charge in [0.1, 0.15) is 5.69 Å². The molecule has 1 aromatic carbocycles. The third kappa shape index (κ3) is 3.93. The summed E-state index contributed by atoms with van der Waals surface area (Å²) in [6.07, 6.45) is 2.86. The van der Waals surface area contributed by atoms with E-state index in [9.17, 15) is 9.59 Å². The number of hydrazine groups is 1. The van der Waals surface area contributed by atoms with E-state index in [0.717, 1.165) is 29.8 Å². The van der Waals surface area contributed by atoms with E-state index in [0.29, 0.717) is 30.7 Å². The summed E-state index contributed by atoms with van der Waals surface area (Å²) in [5.41, 5.74) is 8.03. The molecule has 6 nitrogen and oxygen atoms in total. The number of nitrogens with zero attached hydrogens (tertiary/aromatic N) is 1. The van der Waals surface area contributed by atoms with Crippen LogP contribution < -0.4 is 16.4 Å². The maximum atomic E-state index is 12.6. The highest BCUT2D eigenvalue weighted by Crippen LogP contribution is 2.33. The molecule has 3 heterocycles. The van der Waals surface area contributed by atoms with Gasteiger partial charge in [-0.25, -0.2) is 5.43 Å². The van der Waals surface area contributed by atoms with Crippen molar-refractivity contribution in [2.75, 3.05) is 13.1 Å². The van der Waals surface area contributed by atoms with Crippen LogP contribution in [0.4, 0.5) is 0 Å². The first-order valence-electron chi connectivity index (χ1n) is 9.36. The lowest BCUT2D eigenvalue weighted by atomic mass is 9.86. The number of aromatic nitrogens is 1. The van der Waals surface area contributed by atoms with Crippen molar-refractivity contribution in [3.05, 3.63) is 69.1 Å². The van der Waals surface area contributed by atoms with Crippen LogP contribution in [0.1, 0.15) is 41.4 Å². The number of benzene rings is 1. The second kappa shape index (κ2) is 7.84. The molecule has 0 bridgehead atoms. The van der Waals surface area contributed by atoms with E-state index in [1.807, 2.05) is 23.1 Å². The number of nitrogens with one attached hydrogen (secondary N) is 3. The zero-order valence-corrected chi connectivity index (χ0v) is 15.7. The predicted molar refractivity (Wildman–Crippen MR) is 105 cm³/mol. The van der Waals surface area contributed by atoms with Gasteiger partial charge in [-0.15, -0.1) is 0 Å². The summed E-state index contributed by atoms with van der Waals surface area (Å²) in [6, 6.07) is 13.2. The third-order valence-corrected chi connectivity index (χ3v) is 5.95. The molecule has 2 fully saturated rings. The van der Waals surface area contributed by atoms with Crippen molar-refractivity contribution < 1.29 is 4.79 Å². The van der Waals surface area contributed by atoms with Gasteiger partial charge in [-0.2, -0.15) is 0 Å². The van der Waals surface area contributed by atoms with Gasteiger partial charge in [0.15, 0.2) is 0 Å². The minimum atomic E-state index is -0.248. The number of pyridine rings is 1. The number of halogens is 1. The van der Waals surface area contributed by atoms with Crippen molar-refractivity contribution >= 4 is 17.5 Å². The molecule has 2 saturated heterocycles. The van der Waals surface area contributed by atoms with Gasteiger partial charge in [0, 0.05) is 36.3 Å². The molecule has 4 rings (SSSR count). The van der Waals surface area contributed by atoms with Gasteiger partial charge in [0.05, 0.1) is 0 Å². The molecular formula is C20H23ClN4O2. The number of H-pyrrole nitrogens is 1. The van der Waals surface area contributed by atoms with Crippen LogP contribution in [0, 0.1) is 5.92 Å². The van der Waals surface area contributed by atoms with E-state index in [1.165, 1.54) is 6.07 Å². The number of piperidine rings is 1. The quantitative estimate of drug-likeness (QED) is 0.757. The van der Waals surface area contributed by atoms with E-state index in [-0.39, 0.29) is 17.5 Å². The summed E-state index contributed by atoms with van der Waals surface area (Å²) in [5, 5.41) is 0.787. The van der Waals surface area contributed by atoms with Gasteiger partial charge in [0.25, 0.3) is 5.91 Å². The summed E-state index contributed by atoms with van der Waals surface area (Å²) in [4.78, 5) is 28.4. The largest absolute Gasteiger partial charge is 0.337 e. The monoisotopic (exact) mass is 386 g/mol. The third-order valence-electron chi connectivity index (χ3n) is 5.61. The first kappa shape index (κ1) is 18.2. The zero-order chi connectivity index (χ0) is 18.8. The Balaban J connectivity index is 1.34. The minimum Gasteiger partial charge on any atom is -0.337 e. The Morgan fingerprint density at radius 1 is 1.04 bits per heavy atom. The summed E-state index contributed by atoms with van der Waals surface area (Å²) < 4.78 is 0. The van der Waals surface area contributed by atoms with Crippen LogP contribution in [-0.2, 0) is 0 Å². The highest BCUT2D eigenvalue weighted by Gasteiger charge is 2.34.